The molecule has 0 aliphatic carbocycles. The zero-order chi connectivity index (χ0) is 20.4. The van der Waals surface area contributed by atoms with Gasteiger partial charge in [-0.3, -0.25) is 4.79 Å². The molecular weight excluding hydrogens is 380 g/mol. The summed E-state index contributed by atoms with van der Waals surface area (Å²) >= 11 is 0. The van der Waals surface area contributed by atoms with E-state index in [9.17, 15) is 13.6 Å². The van der Waals surface area contributed by atoms with E-state index in [1.165, 1.54) is 10.7 Å². The number of nitrogens with zero attached hydrogens (tertiary/aromatic N) is 3. The number of amides is 1. The van der Waals surface area contributed by atoms with E-state index in [2.05, 4.69) is 20.7 Å². The molecule has 7 nitrogen and oxygen atoms in total. The molecule has 2 N–H and O–H groups in total. The molecule has 1 atom stereocenters. The van der Waals surface area contributed by atoms with Crippen molar-refractivity contribution in [3.05, 3.63) is 59.4 Å². The predicted octanol–water partition coefficient (Wildman–Crippen LogP) is 3.09. The van der Waals surface area contributed by atoms with Crippen LogP contribution in [0.1, 0.15) is 41.7 Å². The molecule has 1 aliphatic heterocycles. The summed E-state index contributed by atoms with van der Waals surface area (Å²) in [6.45, 7) is 2.96. The van der Waals surface area contributed by atoms with Gasteiger partial charge in [0.2, 0.25) is 0 Å². The molecule has 1 fully saturated rings. The highest BCUT2D eigenvalue weighted by atomic mass is 19.1. The molecule has 152 valence electrons. The number of ether oxygens (including phenoxy) is 1. The summed E-state index contributed by atoms with van der Waals surface area (Å²) in [6.07, 6.45) is 4.66. The first kappa shape index (κ1) is 19.3. The largest absolute Gasteiger partial charge is 0.381 e. The number of nitrogens with one attached hydrogen (secondary N) is 2. The number of halogens is 2. The molecule has 0 bridgehead atoms. The van der Waals surface area contributed by atoms with Gasteiger partial charge in [-0.15, -0.1) is 0 Å². The van der Waals surface area contributed by atoms with E-state index in [-0.39, 0.29) is 17.5 Å². The summed E-state index contributed by atoms with van der Waals surface area (Å²) in [5.41, 5.74) is 0.925. The highest BCUT2D eigenvalue weighted by molar-refractivity contribution is 5.99. The summed E-state index contributed by atoms with van der Waals surface area (Å²) in [4.78, 5) is 17.1. The Morgan fingerprint density at radius 2 is 2.07 bits per heavy atom. The molecule has 1 aliphatic rings. The Morgan fingerprint density at radius 3 is 2.86 bits per heavy atom. The maximum atomic E-state index is 14.0. The minimum atomic E-state index is -0.525. The number of fused-ring (bicyclic) bond motifs is 1. The molecule has 0 spiro atoms. The molecule has 1 saturated heterocycles. The zero-order valence-corrected chi connectivity index (χ0v) is 15.9. The highest BCUT2D eigenvalue weighted by Gasteiger charge is 2.21. The molecule has 3 heterocycles. The van der Waals surface area contributed by atoms with Crippen LogP contribution in [0.15, 0.2) is 36.7 Å². The molecule has 3 aromatic rings. The maximum absolute atomic E-state index is 14.0. The number of rotatable bonds is 5. The van der Waals surface area contributed by atoms with Gasteiger partial charge in [0.25, 0.3) is 5.91 Å². The van der Waals surface area contributed by atoms with Crippen molar-refractivity contribution < 1.29 is 18.3 Å². The van der Waals surface area contributed by atoms with Crippen molar-refractivity contribution in [3.8, 4) is 0 Å². The third-order valence-corrected chi connectivity index (χ3v) is 4.96. The standard InChI is InChI=1S/C20H21F2N5O2/c1-12(15-10-13(21)2-3-17(15)22)24-18-4-7-27-19(26-18)16(11-23-27)20(28)25-14-5-8-29-9-6-14/h2-4,7,10-12,14H,5-6,8-9H2,1H3,(H,24,26)(H,25,28). The van der Waals surface area contributed by atoms with Gasteiger partial charge in [0.15, 0.2) is 5.65 Å². The molecule has 9 heteroatoms. The van der Waals surface area contributed by atoms with Crippen molar-refractivity contribution >= 4 is 17.4 Å². The number of carbonyl (C=O) groups is 1. The van der Waals surface area contributed by atoms with Crippen molar-refractivity contribution in [2.75, 3.05) is 18.5 Å². The number of anilines is 1. The normalized spacial score (nSPS) is 16.0. The second-order valence-electron chi connectivity index (χ2n) is 7.03. The van der Waals surface area contributed by atoms with Crippen LogP contribution in [0.25, 0.3) is 5.65 Å². The van der Waals surface area contributed by atoms with Crippen molar-refractivity contribution in [3.63, 3.8) is 0 Å². The molecule has 4 rings (SSSR count). The van der Waals surface area contributed by atoms with Crippen molar-refractivity contribution in [2.24, 2.45) is 0 Å². The molecule has 2 aromatic heterocycles. The summed E-state index contributed by atoms with van der Waals surface area (Å²) in [7, 11) is 0. The van der Waals surface area contributed by atoms with Gasteiger partial charge in [0.1, 0.15) is 23.0 Å². The number of aromatic nitrogens is 3. The van der Waals surface area contributed by atoms with Crippen LogP contribution in [-0.2, 0) is 4.74 Å². The van der Waals surface area contributed by atoms with Gasteiger partial charge in [0, 0.05) is 31.0 Å². The van der Waals surface area contributed by atoms with E-state index in [4.69, 9.17) is 4.74 Å². The molecule has 1 unspecified atom stereocenters. The number of hydrogen-bond acceptors (Lipinski definition) is 5. The Labute approximate surface area is 166 Å². The molecule has 1 aromatic carbocycles. The first-order chi connectivity index (χ1) is 14.0. The lowest BCUT2D eigenvalue weighted by molar-refractivity contribution is 0.0697. The van der Waals surface area contributed by atoms with Crippen LogP contribution in [0.4, 0.5) is 14.6 Å². The van der Waals surface area contributed by atoms with Gasteiger partial charge in [-0.05, 0) is 44.0 Å². The topological polar surface area (TPSA) is 80.5 Å². The summed E-state index contributed by atoms with van der Waals surface area (Å²) in [6, 6.07) is 4.51. The first-order valence-corrected chi connectivity index (χ1v) is 9.46. The maximum Gasteiger partial charge on any atom is 0.256 e. The average molecular weight is 401 g/mol. The number of hydrogen-bond donors (Lipinski definition) is 2. The van der Waals surface area contributed by atoms with Gasteiger partial charge in [-0.25, -0.2) is 18.3 Å². The minimum Gasteiger partial charge on any atom is -0.381 e. The lowest BCUT2D eigenvalue weighted by atomic mass is 10.1. The van der Waals surface area contributed by atoms with E-state index in [1.807, 2.05) is 0 Å². The Hall–Kier alpha value is -3.07. The van der Waals surface area contributed by atoms with Gasteiger partial charge >= 0.3 is 0 Å². The zero-order valence-electron chi connectivity index (χ0n) is 15.9. The predicted molar refractivity (Wildman–Crippen MR) is 103 cm³/mol. The lowest BCUT2D eigenvalue weighted by Crippen LogP contribution is -2.38. The van der Waals surface area contributed by atoms with Crippen LogP contribution in [0, 0.1) is 11.6 Å². The summed E-state index contributed by atoms with van der Waals surface area (Å²) < 4.78 is 34.3. The van der Waals surface area contributed by atoms with Crippen LogP contribution in [0.2, 0.25) is 0 Å². The Morgan fingerprint density at radius 1 is 1.28 bits per heavy atom. The Kier molecular flexibility index (Phi) is 5.39. The summed E-state index contributed by atoms with van der Waals surface area (Å²) in [5, 5.41) is 10.2. The SMILES string of the molecule is CC(Nc1ccn2ncc(C(=O)NC3CCOCC3)c2n1)c1cc(F)ccc1F. The third kappa shape index (κ3) is 4.19. The minimum absolute atomic E-state index is 0.0588. The summed E-state index contributed by atoms with van der Waals surface area (Å²) in [5.74, 6) is -0.843. The van der Waals surface area contributed by atoms with Crippen LogP contribution >= 0.6 is 0 Å². The average Bonchev–Trinajstić information content (AvgIpc) is 3.14. The molecule has 1 amide bonds. The first-order valence-electron chi connectivity index (χ1n) is 9.46. The van der Waals surface area contributed by atoms with Crippen molar-refractivity contribution in [1.29, 1.82) is 0 Å². The van der Waals surface area contributed by atoms with Crippen LogP contribution < -0.4 is 10.6 Å². The Bertz CT molecular complexity index is 1030. The van der Waals surface area contributed by atoms with E-state index >= 15 is 0 Å². The van der Waals surface area contributed by atoms with Gasteiger partial charge in [0.05, 0.1) is 12.2 Å². The number of benzene rings is 1. The van der Waals surface area contributed by atoms with E-state index in [0.717, 1.165) is 31.0 Å². The van der Waals surface area contributed by atoms with Crippen molar-refractivity contribution in [2.45, 2.75) is 31.8 Å². The fourth-order valence-corrected chi connectivity index (χ4v) is 3.36. The second kappa shape index (κ2) is 8.12. The van der Waals surface area contributed by atoms with E-state index < -0.39 is 17.7 Å². The fourth-order valence-electron chi connectivity index (χ4n) is 3.36. The smallest absolute Gasteiger partial charge is 0.256 e. The third-order valence-electron chi connectivity index (χ3n) is 4.96. The molecule has 0 radical (unpaired) electrons. The Balaban J connectivity index is 1.54. The van der Waals surface area contributed by atoms with Crippen LogP contribution in [0.3, 0.4) is 0 Å². The van der Waals surface area contributed by atoms with Gasteiger partial charge in [-0.1, -0.05) is 0 Å². The van der Waals surface area contributed by atoms with E-state index in [1.54, 1.807) is 19.2 Å². The monoisotopic (exact) mass is 401 g/mol. The van der Waals surface area contributed by atoms with Crippen LogP contribution in [-0.4, -0.2) is 39.8 Å². The highest BCUT2D eigenvalue weighted by Crippen LogP contribution is 2.22. The van der Waals surface area contributed by atoms with Gasteiger partial charge < -0.3 is 15.4 Å². The van der Waals surface area contributed by atoms with Crippen LogP contribution in [0.5, 0.6) is 0 Å². The molecular formula is C20H21F2N5O2. The van der Waals surface area contributed by atoms with E-state index in [0.29, 0.717) is 30.2 Å². The second-order valence-corrected chi connectivity index (χ2v) is 7.03. The van der Waals surface area contributed by atoms with Crippen molar-refractivity contribution in [1.82, 2.24) is 19.9 Å². The van der Waals surface area contributed by atoms with Gasteiger partial charge in [-0.2, -0.15) is 5.10 Å². The lowest BCUT2D eigenvalue weighted by Gasteiger charge is -2.22. The number of carbonyl (C=O) groups excluding carboxylic acids is 1. The molecule has 0 saturated carbocycles. The quantitative estimate of drug-likeness (QED) is 0.687. The fraction of sp³-hybridized carbons (Fsp3) is 0.350. The molecule has 29 heavy (non-hydrogen) atoms.